The maximum atomic E-state index is 5.36. The van der Waals surface area contributed by atoms with E-state index in [2.05, 4.69) is 30.1 Å². The van der Waals surface area contributed by atoms with Gasteiger partial charge in [-0.2, -0.15) is 0 Å². The Balaban J connectivity index is 0.000000136. The van der Waals surface area contributed by atoms with Crippen LogP contribution in [0.3, 0.4) is 0 Å². The summed E-state index contributed by atoms with van der Waals surface area (Å²) >= 11 is 1.69. The van der Waals surface area contributed by atoms with Crippen LogP contribution < -0.4 is 5.73 Å². The molecule has 0 aliphatic rings. The Kier molecular flexibility index (Phi) is 3.73. The van der Waals surface area contributed by atoms with Gasteiger partial charge in [-0.3, -0.25) is 0 Å². The lowest BCUT2D eigenvalue weighted by Crippen LogP contribution is -1.79. The molecule has 17 heavy (non-hydrogen) atoms. The molecule has 2 aromatic carbocycles. The van der Waals surface area contributed by atoms with Crippen LogP contribution in [0.5, 0.6) is 0 Å². The molecule has 0 atom stereocenters. The summed E-state index contributed by atoms with van der Waals surface area (Å²) < 4.78 is 1.28. The van der Waals surface area contributed by atoms with Crippen LogP contribution >= 0.6 is 11.3 Å². The molecule has 3 aromatic rings. The fraction of sp³-hybridized carbons (Fsp3) is 0.0714. The summed E-state index contributed by atoms with van der Waals surface area (Å²) in [5.74, 6) is 0. The summed E-state index contributed by atoms with van der Waals surface area (Å²) in [6.07, 6.45) is 0. The molecule has 2 nitrogen and oxygen atoms in total. The second-order valence-corrected chi connectivity index (χ2v) is 4.57. The minimum atomic E-state index is 0.822. The van der Waals surface area contributed by atoms with E-state index in [-0.39, 0.29) is 0 Å². The zero-order valence-corrected chi connectivity index (χ0v) is 10.4. The maximum Gasteiger partial charge on any atom is 0.0841 e. The number of nitrogens with zero attached hydrogens (tertiary/aromatic N) is 1. The Bertz CT molecular complexity index is 587. The van der Waals surface area contributed by atoms with Crippen molar-refractivity contribution in [3.8, 4) is 0 Å². The maximum absolute atomic E-state index is 5.36. The van der Waals surface area contributed by atoms with Gasteiger partial charge < -0.3 is 5.73 Å². The topological polar surface area (TPSA) is 38.9 Å². The predicted molar refractivity (Wildman–Crippen MR) is 75.2 cm³/mol. The van der Waals surface area contributed by atoms with Gasteiger partial charge in [0.15, 0.2) is 0 Å². The highest BCUT2D eigenvalue weighted by atomic mass is 32.1. The molecular formula is C14H14N2S. The number of benzene rings is 2. The second-order valence-electron chi connectivity index (χ2n) is 3.68. The molecular weight excluding hydrogens is 228 g/mol. The predicted octanol–water partition coefficient (Wildman–Crippen LogP) is 3.87. The van der Waals surface area contributed by atoms with E-state index < -0.39 is 0 Å². The summed E-state index contributed by atoms with van der Waals surface area (Å²) in [6, 6.07) is 15.7. The van der Waals surface area contributed by atoms with Crippen molar-refractivity contribution in [1.29, 1.82) is 0 Å². The van der Waals surface area contributed by atoms with Crippen molar-refractivity contribution < 1.29 is 0 Å². The van der Waals surface area contributed by atoms with Crippen molar-refractivity contribution in [1.82, 2.24) is 4.98 Å². The quantitative estimate of drug-likeness (QED) is 0.608. The van der Waals surface area contributed by atoms with Crippen molar-refractivity contribution >= 4 is 27.2 Å². The van der Waals surface area contributed by atoms with Crippen molar-refractivity contribution in [2.45, 2.75) is 6.92 Å². The fourth-order valence-corrected chi connectivity index (χ4v) is 2.24. The number of para-hydroxylation sites is 2. The minimum absolute atomic E-state index is 0.822. The van der Waals surface area contributed by atoms with Gasteiger partial charge in [0, 0.05) is 5.69 Å². The van der Waals surface area contributed by atoms with Crippen LogP contribution in [0.2, 0.25) is 0 Å². The lowest BCUT2D eigenvalue weighted by atomic mass is 10.2. The third kappa shape index (κ3) is 3.04. The van der Waals surface area contributed by atoms with Gasteiger partial charge in [-0.15, -0.1) is 11.3 Å². The Hall–Kier alpha value is -1.87. The first kappa shape index (κ1) is 11.6. The molecule has 2 N–H and O–H groups in total. The number of aromatic nitrogens is 1. The molecule has 0 spiro atoms. The Morgan fingerprint density at radius 1 is 1.00 bits per heavy atom. The van der Waals surface area contributed by atoms with E-state index >= 15 is 0 Å². The molecule has 0 saturated carbocycles. The third-order valence-corrected chi connectivity index (χ3v) is 3.16. The summed E-state index contributed by atoms with van der Waals surface area (Å²) in [5, 5.41) is 0. The molecule has 0 bridgehead atoms. The number of fused-ring (bicyclic) bond motifs is 1. The molecule has 0 saturated heterocycles. The van der Waals surface area contributed by atoms with Crippen LogP contribution in [0.1, 0.15) is 5.56 Å². The van der Waals surface area contributed by atoms with E-state index in [4.69, 9.17) is 5.73 Å². The first-order valence-corrected chi connectivity index (χ1v) is 6.24. The zero-order valence-electron chi connectivity index (χ0n) is 9.63. The van der Waals surface area contributed by atoms with Crippen LogP contribution in [-0.2, 0) is 0 Å². The number of anilines is 1. The first-order valence-electron chi connectivity index (χ1n) is 5.37. The highest BCUT2D eigenvalue weighted by Crippen LogP contribution is 2.19. The number of rotatable bonds is 0. The average Bonchev–Trinajstić information content (AvgIpc) is 2.80. The lowest BCUT2D eigenvalue weighted by molar-refractivity contribution is 1.43. The lowest BCUT2D eigenvalue weighted by Gasteiger charge is -1.90. The SMILES string of the molecule is Cc1cccc2scnc12.Nc1ccccc1. The molecule has 0 fully saturated rings. The van der Waals surface area contributed by atoms with Crippen molar-refractivity contribution in [3.63, 3.8) is 0 Å². The summed E-state index contributed by atoms with van der Waals surface area (Å²) in [4.78, 5) is 4.24. The first-order chi connectivity index (χ1) is 8.27. The molecule has 0 radical (unpaired) electrons. The molecule has 3 heteroatoms. The monoisotopic (exact) mass is 242 g/mol. The fourth-order valence-electron chi connectivity index (χ4n) is 1.48. The molecule has 3 rings (SSSR count). The van der Waals surface area contributed by atoms with Crippen LogP contribution in [0, 0.1) is 6.92 Å². The van der Waals surface area contributed by atoms with E-state index in [0.717, 1.165) is 11.2 Å². The van der Waals surface area contributed by atoms with Crippen molar-refractivity contribution in [2.24, 2.45) is 0 Å². The number of nitrogens with two attached hydrogens (primary N) is 1. The highest BCUT2D eigenvalue weighted by molar-refractivity contribution is 7.16. The van der Waals surface area contributed by atoms with E-state index in [1.54, 1.807) is 11.3 Å². The van der Waals surface area contributed by atoms with Gasteiger partial charge in [-0.05, 0) is 30.7 Å². The molecule has 1 aromatic heterocycles. The number of hydrogen-bond acceptors (Lipinski definition) is 3. The van der Waals surface area contributed by atoms with Gasteiger partial charge in [0.25, 0.3) is 0 Å². The van der Waals surface area contributed by atoms with Crippen LogP contribution in [0.4, 0.5) is 5.69 Å². The largest absolute Gasteiger partial charge is 0.399 e. The number of aryl methyl sites for hydroxylation is 1. The third-order valence-electron chi connectivity index (χ3n) is 2.36. The highest BCUT2D eigenvalue weighted by Gasteiger charge is 1.96. The van der Waals surface area contributed by atoms with Crippen molar-refractivity contribution in [3.05, 3.63) is 59.6 Å². The molecule has 0 amide bonds. The number of hydrogen-bond donors (Lipinski definition) is 1. The summed E-state index contributed by atoms with van der Waals surface area (Å²) in [7, 11) is 0. The Labute approximate surface area is 105 Å². The van der Waals surface area contributed by atoms with Gasteiger partial charge in [0.2, 0.25) is 0 Å². The summed E-state index contributed by atoms with van der Waals surface area (Å²) in [5.41, 5.74) is 10.5. The molecule has 86 valence electrons. The average molecular weight is 242 g/mol. The minimum Gasteiger partial charge on any atom is -0.399 e. The van der Waals surface area contributed by atoms with E-state index in [1.165, 1.54) is 10.3 Å². The van der Waals surface area contributed by atoms with Gasteiger partial charge in [0.05, 0.1) is 15.7 Å². The second kappa shape index (κ2) is 5.46. The Morgan fingerprint density at radius 3 is 2.35 bits per heavy atom. The normalized spacial score (nSPS) is 9.71. The van der Waals surface area contributed by atoms with Gasteiger partial charge in [-0.1, -0.05) is 30.3 Å². The van der Waals surface area contributed by atoms with Crippen molar-refractivity contribution in [2.75, 3.05) is 5.73 Å². The van der Waals surface area contributed by atoms with Crippen LogP contribution in [0.25, 0.3) is 10.2 Å². The molecule has 0 unspecified atom stereocenters. The van der Waals surface area contributed by atoms with E-state index in [1.807, 2.05) is 35.8 Å². The Morgan fingerprint density at radius 2 is 1.76 bits per heavy atom. The molecule has 0 aliphatic heterocycles. The number of thiazole rings is 1. The van der Waals surface area contributed by atoms with Gasteiger partial charge in [-0.25, -0.2) is 4.98 Å². The van der Waals surface area contributed by atoms with Gasteiger partial charge >= 0.3 is 0 Å². The summed E-state index contributed by atoms with van der Waals surface area (Å²) in [6.45, 7) is 2.09. The van der Waals surface area contributed by atoms with E-state index in [0.29, 0.717) is 0 Å². The molecule has 0 aliphatic carbocycles. The number of nitrogen functional groups attached to an aromatic ring is 1. The van der Waals surface area contributed by atoms with Gasteiger partial charge in [0.1, 0.15) is 0 Å². The molecule has 1 heterocycles. The smallest absolute Gasteiger partial charge is 0.0841 e. The van der Waals surface area contributed by atoms with Crippen LogP contribution in [-0.4, -0.2) is 4.98 Å². The van der Waals surface area contributed by atoms with Crippen LogP contribution in [0.15, 0.2) is 54.0 Å². The standard InChI is InChI=1S/C8H7NS.C6H7N/c1-6-3-2-4-7-8(6)9-5-10-7;7-6-4-2-1-3-5-6/h2-5H,1H3;1-5H,7H2. The van der Waals surface area contributed by atoms with E-state index in [9.17, 15) is 0 Å². The zero-order chi connectivity index (χ0) is 12.1.